The molecule has 3 aromatic rings. The maximum atomic E-state index is 13.5. The smallest absolute Gasteiger partial charge is 0.268 e. The molecule has 0 unspecified atom stereocenters. The van der Waals surface area contributed by atoms with Gasteiger partial charge in [-0.2, -0.15) is 0 Å². The number of hydrogen-bond acceptors (Lipinski definition) is 4. The van der Waals surface area contributed by atoms with E-state index < -0.39 is 15.8 Å². The standard InChI is InChI=1S/C26H29FN2O3S/c1-28-15-13-19(14-16-28)25-18-29(33(30,31)23-10-7-20(27)8-11-23)26-12-9-22(17-24(25)26)32-21-5-3-2-4-6-21/h7-13,17-18,21H,2-6,14-16H2,1H3. The summed E-state index contributed by atoms with van der Waals surface area (Å²) in [7, 11) is -1.80. The molecule has 1 aromatic heterocycles. The Morgan fingerprint density at radius 1 is 1.03 bits per heavy atom. The molecule has 0 saturated heterocycles. The number of halogens is 1. The molecular formula is C26H29FN2O3S. The van der Waals surface area contributed by atoms with E-state index in [1.54, 1.807) is 6.20 Å². The molecule has 0 amide bonds. The van der Waals surface area contributed by atoms with Gasteiger partial charge in [-0.3, -0.25) is 0 Å². The second-order valence-electron chi connectivity index (χ2n) is 9.10. The highest BCUT2D eigenvalue weighted by Crippen LogP contribution is 2.36. The van der Waals surface area contributed by atoms with E-state index >= 15 is 0 Å². The minimum Gasteiger partial charge on any atom is -0.490 e. The van der Waals surface area contributed by atoms with Crippen LogP contribution >= 0.6 is 0 Å². The van der Waals surface area contributed by atoms with E-state index in [0.717, 1.165) is 54.6 Å². The van der Waals surface area contributed by atoms with Crippen LogP contribution in [-0.2, 0) is 10.0 Å². The number of aromatic nitrogens is 1. The summed E-state index contributed by atoms with van der Waals surface area (Å²) in [5, 5.41) is 0.866. The number of hydrogen-bond donors (Lipinski definition) is 0. The third kappa shape index (κ3) is 4.44. The first-order valence-corrected chi connectivity index (χ1v) is 13.1. The lowest BCUT2D eigenvalue weighted by atomic mass is 9.97. The summed E-state index contributed by atoms with van der Waals surface area (Å²) in [6, 6.07) is 10.6. The van der Waals surface area contributed by atoms with E-state index in [-0.39, 0.29) is 11.0 Å². The van der Waals surface area contributed by atoms with Crippen LogP contribution in [0.5, 0.6) is 5.75 Å². The first kappa shape index (κ1) is 22.2. The summed E-state index contributed by atoms with van der Waals surface area (Å²) in [6.45, 7) is 1.74. The molecule has 1 aliphatic carbocycles. The monoisotopic (exact) mass is 468 g/mol. The lowest BCUT2D eigenvalue weighted by molar-refractivity contribution is 0.155. The quantitative estimate of drug-likeness (QED) is 0.500. The highest BCUT2D eigenvalue weighted by atomic mass is 32.2. The Kier molecular flexibility index (Phi) is 6.01. The van der Waals surface area contributed by atoms with Crippen molar-refractivity contribution < 1.29 is 17.5 Å². The first-order valence-electron chi connectivity index (χ1n) is 11.6. The number of ether oxygens (including phenoxy) is 1. The molecule has 2 heterocycles. The van der Waals surface area contributed by atoms with Crippen molar-refractivity contribution in [3.05, 3.63) is 66.1 Å². The summed E-state index contributed by atoms with van der Waals surface area (Å²) >= 11 is 0. The molecule has 0 atom stereocenters. The van der Waals surface area contributed by atoms with Crippen LogP contribution < -0.4 is 4.74 Å². The molecule has 5 rings (SSSR count). The highest BCUT2D eigenvalue weighted by Gasteiger charge is 2.24. The van der Waals surface area contributed by atoms with Crippen LogP contribution in [0.25, 0.3) is 16.5 Å². The van der Waals surface area contributed by atoms with Crippen LogP contribution in [-0.4, -0.2) is 43.5 Å². The zero-order valence-corrected chi connectivity index (χ0v) is 19.7. The Labute approximate surface area is 194 Å². The molecule has 2 aromatic carbocycles. The molecule has 33 heavy (non-hydrogen) atoms. The zero-order valence-electron chi connectivity index (χ0n) is 18.8. The lowest BCUT2D eigenvalue weighted by Crippen LogP contribution is -2.23. The number of nitrogens with zero attached hydrogens (tertiary/aromatic N) is 2. The van der Waals surface area contributed by atoms with Crippen LogP contribution in [0.3, 0.4) is 0 Å². The molecule has 1 fully saturated rings. The van der Waals surface area contributed by atoms with Gasteiger partial charge in [-0.1, -0.05) is 12.5 Å². The van der Waals surface area contributed by atoms with Crippen molar-refractivity contribution in [2.45, 2.75) is 49.5 Å². The van der Waals surface area contributed by atoms with Crippen LogP contribution in [0.1, 0.15) is 44.1 Å². The van der Waals surface area contributed by atoms with Crippen molar-refractivity contribution in [1.82, 2.24) is 8.87 Å². The topological polar surface area (TPSA) is 51.5 Å². The van der Waals surface area contributed by atoms with Crippen molar-refractivity contribution in [2.24, 2.45) is 0 Å². The van der Waals surface area contributed by atoms with E-state index in [1.165, 1.54) is 47.5 Å². The summed E-state index contributed by atoms with van der Waals surface area (Å²) in [5.74, 6) is 0.314. The van der Waals surface area contributed by atoms with E-state index in [0.29, 0.717) is 5.52 Å². The summed E-state index contributed by atoms with van der Waals surface area (Å²) in [5.41, 5.74) is 2.66. The predicted molar refractivity (Wildman–Crippen MR) is 129 cm³/mol. The Morgan fingerprint density at radius 3 is 2.48 bits per heavy atom. The molecule has 1 aliphatic heterocycles. The van der Waals surface area contributed by atoms with Gasteiger partial charge < -0.3 is 9.64 Å². The van der Waals surface area contributed by atoms with Crippen molar-refractivity contribution in [2.75, 3.05) is 20.1 Å². The van der Waals surface area contributed by atoms with Crippen molar-refractivity contribution in [1.29, 1.82) is 0 Å². The third-order valence-electron chi connectivity index (χ3n) is 6.73. The van der Waals surface area contributed by atoms with Crippen molar-refractivity contribution >= 4 is 26.5 Å². The highest BCUT2D eigenvalue weighted by molar-refractivity contribution is 7.90. The average molecular weight is 469 g/mol. The fourth-order valence-corrected chi connectivity index (χ4v) is 6.19. The molecule has 0 bridgehead atoms. The van der Waals surface area contributed by atoms with E-state index in [4.69, 9.17) is 4.74 Å². The molecule has 174 valence electrons. The fourth-order valence-electron chi connectivity index (χ4n) is 4.82. The lowest BCUT2D eigenvalue weighted by Gasteiger charge is -2.23. The van der Waals surface area contributed by atoms with Gasteiger partial charge in [0.1, 0.15) is 11.6 Å². The summed E-state index contributed by atoms with van der Waals surface area (Å²) in [6.07, 6.45) is 10.7. The molecule has 0 N–H and O–H groups in total. The van der Waals surface area contributed by atoms with Gasteiger partial charge in [0.05, 0.1) is 16.5 Å². The number of fused-ring (bicyclic) bond motifs is 1. The van der Waals surface area contributed by atoms with E-state index in [9.17, 15) is 12.8 Å². The normalized spacial score (nSPS) is 18.4. The molecular weight excluding hydrogens is 439 g/mol. The summed E-state index contributed by atoms with van der Waals surface area (Å²) in [4.78, 5) is 2.29. The largest absolute Gasteiger partial charge is 0.490 e. The van der Waals surface area contributed by atoms with Crippen molar-refractivity contribution in [3.8, 4) is 5.75 Å². The van der Waals surface area contributed by atoms with Gasteiger partial charge in [-0.05, 0) is 87.2 Å². The van der Waals surface area contributed by atoms with Crippen LogP contribution in [0.2, 0.25) is 0 Å². The molecule has 1 saturated carbocycles. The Hall–Kier alpha value is -2.64. The summed E-state index contributed by atoms with van der Waals surface area (Å²) < 4.78 is 48.0. The Balaban J connectivity index is 1.61. The van der Waals surface area contributed by atoms with Gasteiger partial charge >= 0.3 is 0 Å². The second-order valence-corrected chi connectivity index (χ2v) is 10.9. The zero-order chi connectivity index (χ0) is 23.0. The minimum absolute atomic E-state index is 0.0623. The van der Waals surface area contributed by atoms with Crippen LogP contribution in [0.15, 0.2) is 59.6 Å². The molecule has 5 nitrogen and oxygen atoms in total. The second kappa shape index (κ2) is 8.95. The van der Waals surface area contributed by atoms with Gasteiger partial charge in [0.25, 0.3) is 10.0 Å². The number of likely N-dealkylation sites (N-methyl/N-ethyl adjacent to an activating group) is 1. The number of benzene rings is 2. The van der Waals surface area contributed by atoms with Gasteiger partial charge in [0.2, 0.25) is 0 Å². The Morgan fingerprint density at radius 2 is 1.79 bits per heavy atom. The minimum atomic E-state index is -3.88. The first-order chi connectivity index (χ1) is 15.9. The fraction of sp³-hybridized carbons (Fsp3) is 0.385. The third-order valence-corrected chi connectivity index (χ3v) is 8.41. The maximum Gasteiger partial charge on any atom is 0.268 e. The van der Waals surface area contributed by atoms with Gasteiger partial charge in [-0.25, -0.2) is 16.8 Å². The van der Waals surface area contributed by atoms with Crippen LogP contribution in [0, 0.1) is 5.82 Å². The molecule has 2 aliphatic rings. The van der Waals surface area contributed by atoms with Gasteiger partial charge in [0, 0.05) is 30.2 Å². The van der Waals surface area contributed by atoms with E-state index in [2.05, 4.69) is 18.0 Å². The van der Waals surface area contributed by atoms with Gasteiger partial charge in [-0.15, -0.1) is 0 Å². The average Bonchev–Trinajstić information content (AvgIpc) is 3.20. The number of rotatable bonds is 5. The molecule has 0 spiro atoms. The van der Waals surface area contributed by atoms with Crippen LogP contribution in [0.4, 0.5) is 4.39 Å². The predicted octanol–water partition coefficient (Wildman–Crippen LogP) is 5.45. The van der Waals surface area contributed by atoms with E-state index in [1.807, 2.05) is 18.2 Å². The van der Waals surface area contributed by atoms with Gasteiger partial charge in [0.15, 0.2) is 0 Å². The molecule has 7 heteroatoms. The SMILES string of the molecule is CN1CC=C(c2cn(S(=O)(=O)c3ccc(F)cc3)c3ccc(OC4CCCCC4)cc23)CC1. The van der Waals surface area contributed by atoms with Crippen molar-refractivity contribution in [3.63, 3.8) is 0 Å². The molecule has 0 radical (unpaired) electrons. The Bertz CT molecular complexity index is 1290. The maximum absolute atomic E-state index is 13.5.